The van der Waals surface area contributed by atoms with E-state index in [0.717, 1.165) is 0 Å². The minimum Gasteiger partial charge on any atom is -0.450 e. The molecule has 0 spiro atoms. The quantitative estimate of drug-likeness (QED) is 0.0790. The van der Waals surface area contributed by atoms with Crippen molar-refractivity contribution in [1.29, 1.82) is 5.41 Å². The molecule has 0 saturated carbocycles. The minimum atomic E-state index is -1.83. The molecule has 0 aliphatic carbocycles. The average molecular weight is 183 g/mol. The van der Waals surface area contributed by atoms with Crippen LogP contribution in [0.25, 0.3) is 0 Å². The summed E-state index contributed by atoms with van der Waals surface area (Å²) < 4.78 is 0. The molecule has 0 aromatic rings. The number of nitrogens with two attached hydrogens (primary N) is 2. The second-order valence-corrected chi connectivity index (χ2v) is 0.922. The van der Waals surface area contributed by atoms with Gasteiger partial charge in [0.2, 0.25) is 0 Å². The van der Waals surface area contributed by atoms with Gasteiger partial charge in [-0.05, 0) is 0 Å². The first kappa shape index (κ1) is 16.5. The fourth-order valence-electron chi connectivity index (χ4n) is 0. The molecule has 0 bridgehead atoms. The first-order valence-electron chi connectivity index (χ1n) is 2.11. The Labute approximate surface area is 66.2 Å². The number of nitrogens with one attached hydrogen (secondary N) is 2. The van der Waals surface area contributed by atoms with Crippen molar-refractivity contribution in [3.8, 4) is 0 Å². The summed E-state index contributed by atoms with van der Waals surface area (Å²) >= 11 is 0. The van der Waals surface area contributed by atoms with Crippen molar-refractivity contribution in [3.05, 3.63) is 4.91 Å². The van der Waals surface area contributed by atoms with Crippen LogP contribution in [0.2, 0.25) is 0 Å². The summed E-state index contributed by atoms with van der Waals surface area (Å²) in [4.78, 5) is 16.7. The van der Waals surface area contributed by atoms with Crippen LogP contribution in [0.3, 0.4) is 0 Å². The molecule has 10 nitrogen and oxygen atoms in total. The highest BCUT2D eigenvalue weighted by molar-refractivity contribution is 5.73. The summed E-state index contributed by atoms with van der Waals surface area (Å²) in [5.74, 6) is 4.35. The van der Waals surface area contributed by atoms with E-state index in [1.165, 1.54) is 5.34 Å². The molecule has 0 radical (unpaired) electrons. The van der Waals surface area contributed by atoms with Crippen molar-refractivity contribution in [2.45, 2.75) is 0 Å². The summed E-state index contributed by atoms with van der Waals surface area (Å²) in [6.45, 7) is 0. The zero-order valence-electron chi connectivity index (χ0n) is 5.76. The lowest BCUT2D eigenvalue weighted by molar-refractivity contribution is 0.137. The molecular weight excluding hydrogens is 174 g/mol. The molecule has 0 amide bonds. The number of carboxylic acid groups (broad SMARTS) is 2. The number of nitrogens with zero attached hydrogens (tertiary/aromatic N) is 1. The minimum absolute atomic E-state index is 0.218. The standard InChI is InChI=1S/CH6N4.CH2O3.HNO2/c2-1(3)5-4;2-1(3)4;2-1-3/h4H2,(H4,2,3,5);(H2,2,3,4);(H,2,3). The molecule has 9 N–H and O–H groups in total. The summed E-state index contributed by atoms with van der Waals surface area (Å²) in [6.07, 6.45) is -1.83. The Morgan fingerprint density at radius 1 is 1.50 bits per heavy atom. The van der Waals surface area contributed by atoms with E-state index in [0.29, 0.717) is 0 Å². The highest BCUT2D eigenvalue weighted by Crippen LogP contribution is 1.42. The van der Waals surface area contributed by atoms with Crippen molar-refractivity contribution >= 4 is 12.1 Å². The molecule has 10 heteroatoms. The Morgan fingerprint density at radius 3 is 1.58 bits per heavy atom. The summed E-state index contributed by atoms with van der Waals surface area (Å²) in [6, 6.07) is 0. The van der Waals surface area contributed by atoms with Crippen molar-refractivity contribution in [2.75, 3.05) is 0 Å². The van der Waals surface area contributed by atoms with Gasteiger partial charge in [0.05, 0.1) is 0 Å². The molecule has 72 valence electrons. The van der Waals surface area contributed by atoms with E-state index in [4.69, 9.17) is 30.5 Å². The molecule has 0 unspecified atom stereocenters. The zero-order valence-corrected chi connectivity index (χ0v) is 5.76. The van der Waals surface area contributed by atoms with Gasteiger partial charge in [-0.2, -0.15) is 0 Å². The number of carbonyl (C=O) groups is 1. The van der Waals surface area contributed by atoms with Gasteiger partial charge < -0.3 is 21.2 Å². The van der Waals surface area contributed by atoms with E-state index < -0.39 is 6.16 Å². The third kappa shape index (κ3) is 37600. The molecule has 0 aliphatic rings. The van der Waals surface area contributed by atoms with Crippen LogP contribution in [0.1, 0.15) is 0 Å². The third-order valence-corrected chi connectivity index (χ3v) is 0.156. The van der Waals surface area contributed by atoms with Gasteiger partial charge in [-0.25, -0.2) is 10.6 Å². The van der Waals surface area contributed by atoms with Gasteiger partial charge in [0.15, 0.2) is 11.3 Å². The summed E-state index contributed by atoms with van der Waals surface area (Å²) in [5, 5.41) is 28.1. The van der Waals surface area contributed by atoms with Crippen molar-refractivity contribution in [2.24, 2.45) is 16.9 Å². The van der Waals surface area contributed by atoms with Gasteiger partial charge in [0, 0.05) is 0 Å². The number of hydrogen-bond donors (Lipinski definition) is 7. The van der Waals surface area contributed by atoms with Crippen LogP contribution in [0, 0.1) is 10.3 Å². The SMILES string of the molecule is N=C(N)NN.O=C(O)O.O=NO. The van der Waals surface area contributed by atoms with E-state index in [2.05, 4.69) is 11.6 Å². The normalized spacial score (nSPS) is 5.75. The Balaban J connectivity index is -0.000000105. The smallest absolute Gasteiger partial charge is 0.450 e. The van der Waals surface area contributed by atoms with E-state index in [9.17, 15) is 0 Å². The van der Waals surface area contributed by atoms with Crippen molar-refractivity contribution in [3.63, 3.8) is 0 Å². The number of rotatable bonds is 0. The van der Waals surface area contributed by atoms with Crippen LogP contribution < -0.4 is 17.0 Å². The molecule has 0 fully saturated rings. The number of hydrazine groups is 1. The summed E-state index contributed by atoms with van der Waals surface area (Å²) in [7, 11) is 0. The topological polar surface area (TPSA) is 195 Å². The highest BCUT2D eigenvalue weighted by Gasteiger charge is 1.70. The molecule has 0 heterocycles. The molecule has 0 aliphatic heterocycles. The molecule has 0 aromatic heterocycles. The van der Waals surface area contributed by atoms with Crippen LogP contribution in [-0.4, -0.2) is 27.5 Å². The Kier molecular flexibility index (Phi) is 21.9. The van der Waals surface area contributed by atoms with Crippen LogP contribution in [-0.2, 0) is 0 Å². The second-order valence-electron chi connectivity index (χ2n) is 0.922. The lowest BCUT2D eigenvalue weighted by Gasteiger charge is -1.85. The van der Waals surface area contributed by atoms with E-state index in [-0.39, 0.29) is 5.96 Å². The maximum absolute atomic E-state index is 8.56. The van der Waals surface area contributed by atoms with Gasteiger partial charge in [-0.3, -0.25) is 10.8 Å². The fraction of sp³-hybridized carbons (Fsp3) is 0. The monoisotopic (exact) mass is 183 g/mol. The average Bonchev–Trinajstić information content (AvgIpc) is 1.88. The molecule has 0 aromatic carbocycles. The van der Waals surface area contributed by atoms with Crippen LogP contribution in [0.4, 0.5) is 4.79 Å². The first-order valence-corrected chi connectivity index (χ1v) is 2.11. The molecule has 0 rings (SSSR count). The van der Waals surface area contributed by atoms with Gasteiger partial charge in [-0.15, -0.1) is 4.91 Å². The Morgan fingerprint density at radius 2 is 1.58 bits per heavy atom. The largest absolute Gasteiger partial charge is 0.503 e. The number of hydrogen-bond acceptors (Lipinski definition) is 5. The van der Waals surface area contributed by atoms with Gasteiger partial charge in [-0.1, -0.05) is 0 Å². The lowest BCUT2D eigenvalue weighted by Crippen LogP contribution is -2.35. The van der Waals surface area contributed by atoms with Gasteiger partial charge in [0.1, 0.15) is 0 Å². The van der Waals surface area contributed by atoms with E-state index in [1.54, 1.807) is 0 Å². The predicted molar refractivity (Wildman–Crippen MR) is 37.5 cm³/mol. The maximum atomic E-state index is 8.56. The van der Waals surface area contributed by atoms with Crippen LogP contribution >= 0.6 is 0 Å². The Hall–Kier alpha value is -2.10. The summed E-state index contributed by atoms with van der Waals surface area (Å²) in [5.41, 5.74) is 6.53. The van der Waals surface area contributed by atoms with E-state index >= 15 is 0 Å². The molecular formula is C2H9N5O5. The maximum Gasteiger partial charge on any atom is 0.503 e. The predicted octanol–water partition coefficient (Wildman–Crippen LogP) is -1.29. The molecule has 0 atom stereocenters. The van der Waals surface area contributed by atoms with Crippen molar-refractivity contribution < 1.29 is 20.2 Å². The van der Waals surface area contributed by atoms with Crippen molar-refractivity contribution in [1.82, 2.24) is 5.43 Å². The van der Waals surface area contributed by atoms with Gasteiger partial charge >= 0.3 is 6.16 Å². The highest BCUT2D eigenvalue weighted by atomic mass is 16.6. The van der Waals surface area contributed by atoms with Crippen LogP contribution in [0.5, 0.6) is 0 Å². The van der Waals surface area contributed by atoms with Gasteiger partial charge in [0.25, 0.3) is 0 Å². The first-order chi connectivity index (χ1) is 5.42. The zero-order chi connectivity index (χ0) is 10.6. The third-order valence-electron chi connectivity index (χ3n) is 0.156. The fourth-order valence-corrected chi connectivity index (χ4v) is 0. The second kappa shape index (κ2) is 16.0. The lowest BCUT2D eigenvalue weighted by atomic mass is 11.1. The van der Waals surface area contributed by atoms with Crippen LogP contribution in [0.15, 0.2) is 5.34 Å². The molecule has 12 heavy (non-hydrogen) atoms. The number of guanidine groups is 1. The molecule has 0 saturated heterocycles. The van der Waals surface area contributed by atoms with E-state index in [1.807, 2.05) is 5.43 Å². The Bertz CT molecular complexity index is 132.